The summed E-state index contributed by atoms with van der Waals surface area (Å²) in [7, 11) is 0. The predicted octanol–water partition coefficient (Wildman–Crippen LogP) is 2.51. The van der Waals surface area contributed by atoms with Crippen LogP contribution in [0.15, 0.2) is 48.7 Å². The standard InChI is InChI=1S/C21H23N3O4/c1-2-27-19(25)17-8-9-18(22-13-17)23-10-11-24-20(26)28-15-21(24,14-23)12-16-6-4-3-5-7-16/h3-9,13H,2,10-12,14-15H2,1H3. The van der Waals surface area contributed by atoms with E-state index in [4.69, 9.17) is 9.47 Å². The zero-order valence-electron chi connectivity index (χ0n) is 15.8. The van der Waals surface area contributed by atoms with Crippen LogP contribution in [0.3, 0.4) is 0 Å². The Hall–Kier alpha value is -3.09. The first-order valence-corrected chi connectivity index (χ1v) is 9.48. The van der Waals surface area contributed by atoms with E-state index in [-0.39, 0.29) is 12.1 Å². The normalized spacial score (nSPS) is 21.2. The summed E-state index contributed by atoms with van der Waals surface area (Å²) in [6.45, 7) is 4.33. The molecule has 7 heteroatoms. The average Bonchev–Trinajstić information content (AvgIpc) is 3.05. The van der Waals surface area contributed by atoms with Crippen molar-refractivity contribution in [2.24, 2.45) is 0 Å². The second-order valence-corrected chi connectivity index (χ2v) is 7.14. The van der Waals surface area contributed by atoms with Crippen molar-refractivity contribution in [2.45, 2.75) is 18.9 Å². The van der Waals surface area contributed by atoms with Crippen LogP contribution in [0, 0.1) is 0 Å². The van der Waals surface area contributed by atoms with Gasteiger partial charge in [-0.3, -0.25) is 4.90 Å². The number of esters is 1. The minimum Gasteiger partial charge on any atom is -0.462 e. The highest BCUT2D eigenvalue weighted by atomic mass is 16.6. The second kappa shape index (κ2) is 7.50. The number of piperazine rings is 1. The molecule has 7 nitrogen and oxygen atoms in total. The summed E-state index contributed by atoms with van der Waals surface area (Å²) in [5.41, 5.74) is 1.18. The molecule has 2 aliphatic rings. The van der Waals surface area contributed by atoms with Gasteiger partial charge in [-0.15, -0.1) is 0 Å². The number of amides is 1. The van der Waals surface area contributed by atoms with Crippen LogP contribution in [0.2, 0.25) is 0 Å². The number of hydrogen-bond acceptors (Lipinski definition) is 6. The number of benzene rings is 1. The van der Waals surface area contributed by atoms with Crippen LogP contribution in [0.5, 0.6) is 0 Å². The number of hydrogen-bond donors (Lipinski definition) is 0. The molecule has 0 radical (unpaired) electrons. The number of ether oxygens (including phenoxy) is 2. The van der Waals surface area contributed by atoms with Crippen LogP contribution in [0.25, 0.3) is 0 Å². The zero-order valence-corrected chi connectivity index (χ0v) is 15.8. The van der Waals surface area contributed by atoms with E-state index < -0.39 is 5.54 Å². The number of fused-ring (bicyclic) bond motifs is 1. The molecule has 1 unspecified atom stereocenters. The molecular formula is C21H23N3O4. The molecule has 146 valence electrons. The Balaban J connectivity index is 1.55. The van der Waals surface area contributed by atoms with Gasteiger partial charge in [-0.1, -0.05) is 30.3 Å². The third-order valence-corrected chi connectivity index (χ3v) is 5.29. The molecule has 0 aliphatic carbocycles. The number of nitrogens with zero attached hydrogens (tertiary/aromatic N) is 3. The molecule has 3 heterocycles. The first-order chi connectivity index (χ1) is 13.6. The van der Waals surface area contributed by atoms with Crippen molar-refractivity contribution in [1.82, 2.24) is 9.88 Å². The van der Waals surface area contributed by atoms with Crippen LogP contribution >= 0.6 is 0 Å². The number of carbonyl (C=O) groups excluding carboxylic acids is 2. The van der Waals surface area contributed by atoms with E-state index in [0.717, 1.165) is 12.2 Å². The molecule has 0 N–H and O–H groups in total. The summed E-state index contributed by atoms with van der Waals surface area (Å²) in [6.07, 6.45) is 2.01. The molecule has 1 amide bonds. The number of cyclic esters (lactones) is 1. The van der Waals surface area contributed by atoms with Crippen molar-refractivity contribution >= 4 is 17.9 Å². The Labute approximate surface area is 163 Å². The summed E-state index contributed by atoms with van der Waals surface area (Å²) in [5, 5.41) is 0. The molecular weight excluding hydrogens is 358 g/mol. The highest BCUT2D eigenvalue weighted by Crippen LogP contribution is 2.33. The van der Waals surface area contributed by atoms with Crippen molar-refractivity contribution in [3.8, 4) is 0 Å². The van der Waals surface area contributed by atoms with Crippen molar-refractivity contribution in [1.29, 1.82) is 0 Å². The Morgan fingerprint density at radius 1 is 1.21 bits per heavy atom. The van der Waals surface area contributed by atoms with E-state index in [2.05, 4.69) is 22.0 Å². The summed E-state index contributed by atoms with van der Waals surface area (Å²) < 4.78 is 10.4. The van der Waals surface area contributed by atoms with Gasteiger partial charge in [0.25, 0.3) is 0 Å². The maximum absolute atomic E-state index is 12.2. The number of anilines is 1. The Morgan fingerprint density at radius 2 is 2.04 bits per heavy atom. The van der Waals surface area contributed by atoms with Crippen LogP contribution in [-0.4, -0.2) is 60.3 Å². The van der Waals surface area contributed by atoms with Gasteiger partial charge in [0.05, 0.1) is 12.2 Å². The van der Waals surface area contributed by atoms with Gasteiger partial charge in [-0.25, -0.2) is 14.6 Å². The molecule has 1 aromatic heterocycles. The van der Waals surface area contributed by atoms with Crippen molar-refractivity contribution in [2.75, 3.05) is 37.7 Å². The highest BCUT2D eigenvalue weighted by Gasteiger charge is 2.50. The smallest absolute Gasteiger partial charge is 0.410 e. The lowest BCUT2D eigenvalue weighted by atomic mass is 9.88. The van der Waals surface area contributed by atoms with Crippen LogP contribution in [0.4, 0.5) is 10.6 Å². The molecule has 2 aromatic rings. The van der Waals surface area contributed by atoms with E-state index in [1.165, 1.54) is 5.56 Å². The van der Waals surface area contributed by atoms with Gasteiger partial charge in [0.2, 0.25) is 0 Å². The van der Waals surface area contributed by atoms with E-state index in [0.29, 0.717) is 38.4 Å². The fourth-order valence-corrected chi connectivity index (χ4v) is 3.94. The molecule has 1 atom stereocenters. The van der Waals surface area contributed by atoms with Crippen molar-refractivity contribution < 1.29 is 19.1 Å². The Kier molecular flexibility index (Phi) is 4.90. The van der Waals surface area contributed by atoms with Crippen LogP contribution < -0.4 is 4.90 Å². The molecule has 2 fully saturated rings. The minimum absolute atomic E-state index is 0.249. The quantitative estimate of drug-likeness (QED) is 0.741. The number of carbonyl (C=O) groups is 2. The molecule has 0 saturated carbocycles. The van der Waals surface area contributed by atoms with E-state index in [1.807, 2.05) is 29.2 Å². The summed E-state index contributed by atoms with van der Waals surface area (Å²) >= 11 is 0. The summed E-state index contributed by atoms with van der Waals surface area (Å²) in [6, 6.07) is 13.7. The van der Waals surface area contributed by atoms with Crippen molar-refractivity contribution in [3.63, 3.8) is 0 Å². The third-order valence-electron chi connectivity index (χ3n) is 5.29. The SMILES string of the molecule is CCOC(=O)c1ccc(N2CCN3C(=O)OCC3(Cc3ccccc3)C2)nc1. The lowest BCUT2D eigenvalue weighted by Gasteiger charge is -2.45. The topological polar surface area (TPSA) is 72.0 Å². The number of pyridine rings is 1. The van der Waals surface area contributed by atoms with E-state index >= 15 is 0 Å². The lowest BCUT2D eigenvalue weighted by molar-refractivity contribution is 0.0525. The zero-order chi connectivity index (χ0) is 19.6. The van der Waals surface area contributed by atoms with Gasteiger partial charge < -0.3 is 14.4 Å². The average molecular weight is 381 g/mol. The molecule has 2 saturated heterocycles. The number of aromatic nitrogens is 1. The van der Waals surface area contributed by atoms with Crippen LogP contribution in [0.1, 0.15) is 22.8 Å². The van der Waals surface area contributed by atoms with Crippen molar-refractivity contribution in [3.05, 3.63) is 59.8 Å². The molecule has 0 spiro atoms. The predicted molar refractivity (Wildman–Crippen MR) is 103 cm³/mol. The first kappa shape index (κ1) is 18.3. The third kappa shape index (κ3) is 3.40. The van der Waals surface area contributed by atoms with Crippen LogP contribution in [-0.2, 0) is 15.9 Å². The molecule has 2 aliphatic heterocycles. The molecule has 1 aromatic carbocycles. The van der Waals surface area contributed by atoms with Gasteiger partial charge in [0, 0.05) is 32.3 Å². The maximum atomic E-state index is 12.2. The Morgan fingerprint density at radius 3 is 2.75 bits per heavy atom. The monoisotopic (exact) mass is 381 g/mol. The van der Waals surface area contributed by atoms with Gasteiger partial charge in [0.1, 0.15) is 18.0 Å². The second-order valence-electron chi connectivity index (χ2n) is 7.14. The minimum atomic E-state index is -0.418. The largest absolute Gasteiger partial charge is 0.462 e. The van der Waals surface area contributed by atoms with E-state index in [9.17, 15) is 9.59 Å². The van der Waals surface area contributed by atoms with Gasteiger partial charge in [-0.05, 0) is 24.6 Å². The Bertz CT molecular complexity index is 856. The van der Waals surface area contributed by atoms with Gasteiger partial charge in [-0.2, -0.15) is 0 Å². The fraction of sp³-hybridized carbons (Fsp3) is 0.381. The molecule has 4 rings (SSSR count). The summed E-state index contributed by atoms with van der Waals surface area (Å²) in [5.74, 6) is 0.404. The molecule has 28 heavy (non-hydrogen) atoms. The molecule has 0 bridgehead atoms. The number of rotatable bonds is 5. The maximum Gasteiger partial charge on any atom is 0.410 e. The fourth-order valence-electron chi connectivity index (χ4n) is 3.94. The lowest BCUT2D eigenvalue weighted by Crippen LogP contribution is -2.62. The summed E-state index contributed by atoms with van der Waals surface area (Å²) in [4.78, 5) is 32.5. The van der Waals surface area contributed by atoms with Gasteiger partial charge in [0.15, 0.2) is 0 Å². The van der Waals surface area contributed by atoms with Gasteiger partial charge >= 0.3 is 12.1 Å². The van der Waals surface area contributed by atoms with E-state index in [1.54, 1.807) is 19.2 Å². The first-order valence-electron chi connectivity index (χ1n) is 9.48. The highest BCUT2D eigenvalue weighted by molar-refractivity contribution is 5.89.